The molecule has 1 fully saturated rings. The van der Waals surface area contributed by atoms with Gasteiger partial charge in [0.25, 0.3) is 0 Å². The van der Waals surface area contributed by atoms with Crippen LogP contribution in [0, 0.1) is 0 Å². The number of benzene rings is 1. The van der Waals surface area contributed by atoms with Crippen LogP contribution in [0.1, 0.15) is 36.8 Å². The van der Waals surface area contributed by atoms with Crippen LogP contribution < -0.4 is 9.47 Å². The largest absolute Gasteiger partial charge is 0.454 e. The van der Waals surface area contributed by atoms with Gasteiger partial charge in [-0.05, 0) is 44.0 Å². The van der Waals surface area contributed by atoms with Gasteiger partial charge in [0.1, 0.15) is 0 Å². The van der Waals surface area contributed by atoms with Crippen molar-refractivity contribution in [3.63, 3.8) is 0 Å². The van der Waals surface area contributed by atoms with Gasteiger partial charge in [-0.25, -0.2) is 0 Å². The van der Waals surface area contributed by atoms with Crippen LogP contribution in [0.15, 0.2) is 12.1 Å². The number of nitrogens with zero attached hydrogens (tertiary/aromatic N) is 1. The van der Waals surface area contributed by atoms with E-state index >= 15 is 0 Å². The summed E-state index contributed by atoms with van der Waals surface area (Å²) < 4.78 is 11.1. The van der Waals surface area contributed by atoms with Gasteiger partial charge in [-0.15, -0.1) is 0 Å². The highest BCUT2D eigenvalue weighted by Gasteiger charge is 2.39. The van der Waals surface area contributed by atoms with Crippen LogP contribution in [0.4, 0.5) is 0 Å². The summed E-state index contributed by atoms with van der Waals surface area (Å²) in [6.45, 7) is 5.10. The molecule has 0 radical (unpaired) electrons. The minimum absolute atomic E-state index is 0.390. The molecule has 3 nitrogen and oxygen atoms in total. The summed E-state index contributed by atoms with van der Waals surface area (Å²) in [5, 5.41) is 0. The zero-order valence-electron chi connectivity index (χ0n) is 10.8. The number of hydrogen-bond acceptors (Lipinski definition) is 3. The molecule has 0 unspecified atom stereocenters. The zero-order chi connectivity index (χ0) is 12.1. The first kappa shape index (κ1) is 10.7. The van der Waals surface area contributed by atoms with Crippen LogP contribution in [-0.4, -0.2) is 30.8 Å². The molecule has 0 N–H and O–H groups in total. The third kappa shape index (κ3) is 1.34. The molecule has 0 bridgehead atoms. The standard InChI is InChI=1S/C15H19NO2/c1-2-16-8-7-11-10-4-6-14-15(18-9-17-14)12(10)3-5-13(11)16/h4,6,11,13H,2-3,5,7-9H2,1H3/t11-,13-/m1/s1. The fourth-order valence-corrected chi connectivity index (χ4v) is 4.00. The molecule has 1 saturated heterocycles. The molecule has 4 rings (SSSR count). The van der Waals surface area contributed by atoms with Gasteiger partial charge in [0.15, 0.2) is 11.5 Å². The second-order valence-electron chi connectivity index (χ2n) is 5.50. The van der Waals surface area contributed by atoms with Crippen LogP contribution in [0.2, 0.25) is 0 Å². The van der Waals surface area contributed by atoms with Crippen LogP contribution >= 0.6 is 0 Å². The summed E-state index contributed by atoms with van der Waals surface area (Å²) in [6.07, 6.45) is 3.70. The summed E-state index contributed by atoms with van der Waals surface area (Å²) in [7, 11) is 0. The lowest BCUT2D eigenvalue weighted by Crippen LogP contribution is -2.34. The van der Waals surface area contributed by atoms with E-state index in [0.717, 1.165) is 24.0 Å². The van der Waals surface area contributed by atoms with E-state index in [2.05, 4.69) is 24.0 Å². The molecule has 0 spiro atoms. The lowest BCUT2D eigenvalue weighted by atomic mass is 9.79. The molecule has 2 aliphatic heterocycles. The lowest BCUT2D eigenvalue weighted by molar-refractivity contribution is 0.172. The lowest BCUT2D eigenvalue weighted by Gasteiger charge is -2.33. The van der Waals surface area contributed by atoms with E-state index in [1.54, 1.807) is 0 Å². The molecule has 1 aliphatic carbocycles. The Morgan fingerprint density at radius 2 is 2.22 bits per heavy atom. The van der Waals surface area contributed by atoms with Gasteiger partial charge < -0.3 is 14.4 Å². The van der Waals surface area contributed by atoms with Crippen molar-refractivity contribution in [3.8, 4) is 11.5 Å². The van der Waals surface area contributed by atoms with Gasteiger partial charge in [-0.1, -0.05) is 13.0 Å². The first-order valence-electron chi connectivity index (χ1n) is 7.04. The quantitative estimate of drug-likeness (QED) is 0.759. The SMILES string of the molecule is CCN1CC[C@@H]2c3ccc4c(c3CC[C@H]21)OCO4. The van der Waals surface area contributed by atoms with E-state index in [1.807, 2.05) is 0 Å². The van der Waals surface area contributed by atoms with Crippen molar-refractivity contribution in [2.24, 2.45) is 0 Å². The highest BCUT2D eigenvalue weighted by Crippen LogP contribution is 2.48. The van der Waals surface area contributed by atoms with Gasteiger partial charge in [-0.3, -0.25) is 0 Å². The Kier molecular flexibility index (Phi) is 2.31. The second-order valence-corrected chi connectivity index (χ2v) is 5.50. The molecule has 3 aliphatic rings. The Labute approximate surface area is 108 Å². The van der Waals surface area contributed by atoms with E-state index in [9.17, 15) is 0 Å². The maximum atomic E-state index is 5.66. The van der Waals surface area contributed by atoms with E-state index in [-0.39, 0.29) is 0 Å². The molecule has 0 aromatic heterocycles. The maximum Gasteiger partial charge on any atom is 0.231 e. The Hall–Kier alpha value is -1.22. The van der Waals surface area contributed by atoms with E-state index in [4.69, 9.17) is 9.47 Å². The predicted octanol–water partition coefficient (Wildman–Crippen LogP) is 2.54. The maximum absolute atomic E-state index is 5.66. The Bertz CT molecular complexity index is 486. The number of ether oxygens (including phenoxy) is 2. The molecule has 0 saturated carbocycles. The fraction of sp³-hybridized carbons (Fsp3) is 0.600. The Balaban J connectivity index is 1.77. The van der Waals surface area contributed by atoms with Crippen LogP contribution in [0.3, 0.4) is 0 Å². The smallest absolute Gasteiger partial charge is 0.231 e. The van der Waals surface area contributed by atoms with Crippen molar-refractivity contribution in [3.05, 3.63) is 23.3 Å². The summed E-state index contributed by atoms with van der Waals surface area (Å²) in [6, 6.07) is 5.12. The normalized spacial score (nSPS) is 29.2. The monoisotopic (exact) mass is 245 g/mol. The van der Waals surface area contributed by atoms with Crippen molar-refractivity contribution in [2.45, 2.75) is 38.1 Å². The summed E-state index contributed by atoms with van der Waals surface area (Å²) in [4.78, 5) is 2.64. The molecular formula is C15H19NO2. The number of fused-ring (bicyclic) bond motifs is 5. The molecule has 18 heavy (non-hydrogen) atoms. The molecule has 1 aromatic rings. The minimum atomic E-state index is 0.390. The van der Waals surface area contributed by atoms with Gasteiger partial charge in [0.2, 0.25) is 6.79 Å². The second kappa shape index (κ2) is 3.89. The van der Waals surface area contributed by atoms with Gasteiger partial charge in [0.05, 0.1) is 0 Å². The van der Waals surface area contributed by atoms with E-state index in [1.165, 1.54) is 37.1 Å². The Morgan fingerprint density at radius 1 is 1.28 bits per heavy atom. The molecule has 1 aromatic carbocycles. The van der Waals surface area contributed by atoms with Crippen molar-refractivity contribution >= 4 is 0 Å². The van der Waals surface area contributed by atoms with Crippen LogP contribution in [0.5, 0.6) is 11.5 Å². The number of rotatable bonds is 1. The van der Waals surface area contributed by atoms with Crippen molar-refractivity contribution in [2.75, 3.05) is 19.9 Å². The summed E-state index contributed by atoms with van der Waals surface area (Å²) >= 11 is 0. The average molecular weight is 245 g/mol. The van der Waals surface area contributed by atoms with Crippen LogP contribution in [0.25, 0.3) is 0 Å². The Morgan fingerprint density at radius 3 is 3.11 bits per heavy atom. The molecule has 0 amide bonds. The first-order valence-corrected chi connectivity index (χ1v) is 7.04. The zero-order valence-corrected chi connectivity index (χ0v) is 10.8. The van der Waals surface area contributed by atoms with E-state index in [0.29, 0.717) is 12.7 Å². The van der Waals surface area contributed by atoms with Crippen LogP contribution in [-0.2, 0) is 6.42 Å². The van der Waals surface area contributed by atoms with Gasteiger partial charge >= 0.3 is 0 Å². The fourth-order valence-electron chi connectivity index (χ4n) is 4.00. The molecule has 2 atom stereocenters. The van der Waals surface area contributed by atoms with E-state index < -0.39 is 0 Å². The molecule has 3 heteroatoms. The van der Waals surface area contributed by atoms with Crippen molar-refractivity contribution < 1.29 is 9.47 Å². The third-order valence-corrected chi connectivity index (χ3v) is 4.83. The topological polar surface area (TPSA) is 21.7 Å². The number of likely N-dealkylation sites (N-methyl/N-ethyl adjacent to an activating group) is 1. The molecule has 2 heterocycles. The third-order valence-electron chi connectivity index (χ3n) is 4.83. The van der Waals surface area contributed by atoms with Gasteiger partial charge in [-0.2, -0.15) is 0 Å². The number of likely N-dealkylation sites (tertiary alicyclic amines) is 1. The van der Waals surface area contributed by atoms with Crippen molar-refractivity contribution in [1.29, 1.82) is 0 Å². The first-order chi connectivity index (χ1) is 8.88. The highest BCUT2D eigenvalue weighted by molar-refractivity contribution is 5.54. The summed E-state index contributed by atoms with van der Waals surface area (Å²) in [5.74, 6) is 2.68. The number of hydrogen-bond donors (Lipinski definition) is 0. The summed E-state index contributed by atoms with van der Waals surface area (Å²) in [5.41, 5.74) is 2.94. The predicted molar refractivity (Wildman–Crippen MR) is 69.3 cm³/mol. The minimum Gasteiger partial charge on any atom is -0.454 e. The molecule has 96 valence electrons. The van der Waals surface area contributed by atoms with Crippen molar-refractivity contribution in [1.82, 2.24) is 4.90 Å². The average Bonchev–Trinajstić information content (AvgIpc) is 3.04. The van der Waals surface area contributed by atoms with Gasteiger partial charge in [0, 0.05) is 17.5 Å². The highest BCUT2D eigenvalue weighted by atomic mass is 16.7. The molecular weight excluding hydrogens is 226 g/mol.